The molecule has 0 saturated carbocycles. The minimum absolute atomic E-state index is 0.969. The minimum Gasteiger partial charge on any atom is -0.381 e. The van der Waals surface area contributed by atoms with Crippen molar-refractivity contribution in [3.05, 3.63) is 13.8 Å². The Bertz CT molecular complexity index is 149. The average Bonchev–Trinajstić information content (AvgIpc) is 2.50. The Morgan fingerprint density at radius 3 is 1.00 bits per heavy atom. The van der Waals surface area contributed by atoms with E-state index in [1.54, 1.807) is 0 Å². The van der Waals surface area contributed by atoms with Crippen molar-refractivity contribution in [1.82, 2.24) is 0 Å². The van der Waals surface area contributed by atoms with E-state index in [9.17, 15) is 0 Å². The molecule has 0 amide bonds. The van der Waals surface area contributed by atoms with Gasteiger partial charge < -0.3 is 4.74 Å². The Kier molecular flexibility index (Phi) is 19.9. The van der Waals surface area contributed by atoms with Crippen LogP contribution >= 0.6 is 0 Å². The van der Waals surface area contributed by atoms with Gasteiger partial charge >= 0.3 is 0 Å². The van der Waals surface area contributed by atoms with Gasteiger partial charge in [0.05, 0.1) is 0 Å². The quantitative estimate of drug-likeness (QED) is 0.250. The first-order valence-corrected chi connectivity index (χ1v) is 9.58. The molecule has 0 spiro atoms. The molecule has 0 heterocycles. The Balaban J connectivity index is 2.90. The van der Waals surface area contributed by atoms with Gasteiger partial charge in [0.25, 0.3) is 0 Å². The van der Waals surface area contributed by atoms with Crippen LogP contribution in [0, 0.1) is 13.8 Å². The third-order valence-corrected chi connectivity index (χ3v) is 4.08. The summed E-state index contributed by atoms with van der Waals surface area (Å²) < 4.78 is 5.69. The fourth-order valence-electron chi connectivity index (χ4n) is 2.63. The van der Waals surface area contributed by atoms with Crippen LogP contribution in [0.15, 0.2) is 0 Å². The number of hydrogen-bond donors (Lipinski definition) is 0. The molecular weight excluding hydrogens is 256 g/mol. The Labute approximate surface area is 135 Å². The van der Waals surface area contributed by atoms with Gasteiger partial charge in [0, 0.05) is 13.2 Å². The number of hydrogen-bond acceptors (Lipinski definition) is 1. The van der Waals surface area contributed by atoms with Gasteiger partial charge in [-0.05, 0) is 12.8 Å². The number of unbranched alkanes of at least 4 members (excludes halogenated alkanes) is 14. The molecule has 0 aliphatic heterocycles. The number of rotatable bonds is 18. The van der Waals surface area contributed by atoms with Crippen LogP contribution in [0.2, 0.25) is 0 Å². The molecule has 0 aliphatic carbocycles. The summed E-state index contributed by atoms with van der Waals surface area (Å²) in [6.45, 7) is 9.70. The van der Waals surface area contributed by atoms with E-state index in [2.05, 4.69) is 13.8 Å². The van der Waals surface area contributed by atoms with Crippen molar-refractivity contribution < 1.29 is 4.74 Å². The summed E-state index contributed by atoms with van der Waals surface area (Å²) in [6.07, 6.45) is 21.1. The molecule has 0 rings (SSSR count). The summed E-state index contributed by atoms with van der Waals surface area (Å²) >= 11 is 0. The van der Waals surface area contributed by atoms with E-state index >= 15 is 0 Å². The van der Waals surface area contributed by atoms with Gasteiger partial charge in [0.15, 0.2) is 0 Å². The van der Waals surface area contributed by atoms with Gasteiger partial charge in [-0.15, -0.1) is 0 Å². The molecule has 0 bridgehead atoms. The zero-order valence-electron chi connectivity index (χ0n) is 14.6. The fraction of sp³-hybridized carbons (Fsp3) is 0.900. The lowest BCUT2D eigenvalue weighted by atomic mass is 10.1. The highest BCUT2D eigenvalue weighted by molar-refractivity contribution is 4.49. The van der Waals surface area contributed by atoms with E-state index < -0.39 is 0 Å². The Hall–Kier alpha value is -0.0400. The third kappa shape index (κ3) is 20.0. The van der Waals surface area contributed by atoms with Crippen molar-refractivity contribution in [3.8, 4) is 0 Å². The van der Waals surface area contributed by atoms with E-state index in [0.29, 0.717) is 0 Å². The van der Waals surface area contributed by atoms with Gasteiger partial charge in [-0.25, -0.2) is 0 Å². The van der Waals surface area contributed by atoms with Gasteiger partial charge in [-0.2, -0.15) is 0 Å². The highest BCUT2D eigenvalue weighted by atomic mass is 16.5. The molecule has 0 unspecified atom stereocenters. The predicted molar refractivity (Wildman–Crippen MR) is 95.4 cm³/mol. The summed E-state index contributed by atoms with van der Waals surface area (Å²) in [7, 11) is 0. The second-order valence-electron chi connectivity index (χ2n) is 6.27. The standard InChI is InChI=1S/C20H40O/c1-3-5-7-9-11-12-13-14-16-18-20-21-19-17-15-10-8-6-4-2/h1-20H2. The maximum Gasteiger partial charge on any atom is 0.0466 e. The summed E-state index contributed by atoms with van der Waals surface area (Å²) in [4.78, 5) is 0. The zero-order valence-corrected chi connectivity index (χ0v) is 14.6. The van der Waals surface area contributed by atoms with Crippen molar-refractivity contribution in [3.63, 3.8) is 0 Å². The molecule has 126 valence electrons. The summed E-state index contributed by atoms with van der Waals surface area (Å²) in [5.74, 6) is 0. The molecule has 1 nitrogen and oxygen atoms in total. The van der Waals surface area contributed by atoms with Crippen LogP contribution < -0.4 is 0 Å². The van der Waals surface area contributed by atoms with E-state index in [1.165, 1.54) is 89.9 Å². The molecule has 0 saturated heterocycles. The lowest BCUT2D eigenvalue weighted by molar-refractivity contribution is 0.125. The maximum atomic E-state index is 5.69. The van der Waals surface area contributed by atoms with E-state index in [-0.39, 0.29) is 0 Å². The third-order valence-electron chi connectivity index (χ3n) is 4.08. The van der Waals surface area contributed by atoms with Crippen molar-refractivity contribution >= 4 is 0 Å². The van der Waals surface area contributed by atoms with Gasteiger partial charge in [-0.3, -0.25) is 0 Å². The van der Waals surface area contributed by atoms with E-state index in [0.717, 1.165) is 26.1 Å². The van der Waals surface area contributed by atoms with Crippen LogP contribution in [0.1, 0.15) is 103 Å². The predicted octanol–water partition coefficient (Wildman–Crippen LogP) is 6.91. The monoisotopic (exact) mass is 296 g/mol. The molecule has 21 heavy (non-hydrogen) atoms. The van der Waals surface area contributed by atoms with E-state index in [1.807, 2.05) is 0 Å². The Morgan fingerprint density at radius 2 is 0.667 bits per heavy atom. The van der Waals surface area contributed by atoms with E-state index in [4.69, 9.17) is 4.74 Å². The lowest BCUT2D eigenvalue weighted by Gasteiger charge is -2.05. The Morgan fingerprint density at radius 1 is 0.381 bits per heavy atom. The summed E-state index contributed by atoms with van der Waals surface area (Å²) in [5, 5.41) is 0. The molecular formula is C20H40O. The highest BCUT2D eigenvalue weighted by Gasteiger charge is 1.94. The summed E-state index contributed by atoms with van der Waals surface area (Å²) in [6, 6.07) is 0. The van der Waals surface area contributed by atoms with Gasteiger partial charge in [-0.1, -0.05) is 104 Å². The molecule has 2 radical (unpaired) electrons. The molecule has 1 heteroatoms. The van der Waals surface area contributed by atoms with Crippen molar-refractivity contribution in [2.45, 2.75) is 103 Å². The molecule has 0 aromatic carbocycles. The van der Waals surface area contributed by atoms with Crippen LogP contribution in [-0.4, -0.2) is 13.2 Å². The summed E-state index contributed by atoms with van der Waals surface area (Å²) in [5.41, 5.74) is 0. The molecule has 0 N–H and O–H groups in total. The first-order chi connectivity index (χ1) is 10.4. The van der Waals surface area contributed by atoms with Crippen LogP contribution in [0.3, 0.4) is 0 Å². The SMILES string of the molecule is [CH2]CCCCCCCCCCCOCCCCCCC[CH2]. The highest BCUT2D eigenvalue weighted by Crippen LogP contribution is 2.10. The fourth-order valence-corrected chi connectivity index (χ4v) is 2.63. The first-order valence-electron chi connectivity index (χ1n) is 9.58. The second kappa shape index (κ2) is 20.0. The van der Waals surface area contributed by atoms with Gasteiger partial charge in [0.2, 0.25) is 0 Å². The zero-order chi connectivity index (χ0) is 15.4. The van der Waals surface area contributed by atoms with Gasteiger partial charge in [0.1, 0.15) is 0 Å². The second-order valence-corrected chi connectivity index (χ2v) is 6.27. The first kappa shape index (κ1) is 21.0. The van der Waals surface area contributed by atoms with Crippen LogP contribution in [-0.2, 0) is 4.74 Å². The lowest BCUT2D eigenvalue weighted by Crippen LogP contribution is -1.97. The molecule has 0 fully saturated rings. The average molecular weight is 297 g/mol. The number of ether oxygens (including phenoxy) is 1. The molecule has 0 aliphatic rings. The topological polar surface area (TPSA) is 9.23 Å². The minimum atomic E-state index is 0.969. The normalized spacial score (nSPS) is 11.1. The molecule has 0 aromatic rings. The molecule has 0 atom stereocenters. The van der Waals surface area contributed by atoms with Crippen molar-refractivity contribution in [1.29, 1.82) is 0 Å². The van der Waals surface area contributed by atoms with Crippen LogP contribution in [0.25, 0.3) is 0 Å². The smallest absolute Gasteiger partial charge is 0.0466 e. The largest absolute Gasteiger partial charge is 0.381 e. The molecule has 0 aromatic heterocycles. The van der Waals surface area contributed by atoms with Crippen molar-refractivity contribution in [2.75, 3.05) is 13.2 Å². The maximum absolute atomic E-state index is 5.69. The van der Waals surface area contributed by atoms with Crippen LogP contribution in [0.5, 0.6) is 0 Å². The van der Waals surface area contributed by atoms with Crippen LogP contribution in [0.4, 0.5) is 0 Å². The van der Waals surface area contributed by atoms with Crippen molar-refractivity contribution in [2.24, 2.45) is 0 Å².